The summed E-state index contributed by atoms with van der Waals surface area (Å²) in [5.41, 5.74) is 7.79. The number of hydrogen-bond donors (Lipinski definition) is 1. The molecule has 0 bridgehead atoms. The number of halogens is 1. The largest absolute Gasteiger partial charge is 0.467 e. The number of aromatic nitrogens is 2. The maximum absolute atomic E-state index is 5.91. The zero-order valence-electron chi connectivity index (χ0n) is 8.93. The standard InChI is InChI=1S/C12H10BrN3O/c13-8-3-4-11-10(6-8)15-12(14)16(11)7-9-2-1-5-17-9/h1-6H,7H2,(H2,14,15). The van der Waals surface area contributed by atoms with E-state index in [9.17, 15) is 0 Å². The number of furan rings is 1. The molecular formula is C12H10BrN3O. The van der Waals surface area contributed by atoms with Crippen molar-refractivity contribution in [2.24, 2.45) is 0 Å². The van der Waals surface area contributed by atoms with Gasteiger partial charge in [0.15, 0.2) is 0 Å². The highest BCUT2D eigenvalue weighted by atomic mass is 79.9. The molecule has 3 rings (SSSR count). The summed E-state index contributed by atoms with van der Waals surface area (Å²) in [6, 6.07) is 9.70. The Morgan fingerprint density at radius 3 is 3.00 bits per heavy atom. The maximum Gasteiger partial charge on any atom is 0.201 e. The molecule has 0 saturated carbocycles. The van der Waals surface area contributed by atoms with Crippen molar-refractivity contribution in [3.05, 3.63) is 46.8 Å². The highest BCUT2D eigenvalue weighted by Gasteiger charge is 2.09. The third kappa shape index (κ3) is 1.82. The summed E-state index contributed by atoms with van der Waals surface area (Å²) in [5, 5.41) is 0. The predicted molar refractivity (Wildman–Crippen MR) is 69.7 cm³/mol. The minimum atomic E-state index is 0.495. The summed E-state index contributed by atoms with van der Waals surface area (Å²) >= 11 is 3.42. The molecule has 0 aliphatic rings. The van der Waals surface area contributed by atoms with E-state index >= 15 is 0 Å². The van der Waals surface area contributed by atoms with Gasteiger partial charge in [-0.25, -0.2) is 4.98 Å². The van der Waals surface area contributed by atoms with E-state index in [0.29, 0.717) is 12.5 Å². The molecule has 0 unspecified atom stereocenters. The number of benzene rings is 1. The van der Waals surface area contributed by atoms with Crippen LogP contribution in [-0.2, 0) is 6.54 Å². The molecule has 86 valence electrons. The lowest BCUT2D eigenvalue weighted by molar-refractivity contribution is 0.497. The summed E-state index contributed by atoms with van der Waals surface area (Å²) in [7, 11) is 0. The third-order valence-electron chi connectivity index (χ3n) is 2.63. The molecule has 0 aliphatic heterocycles. The highest BCUT2D eigenvalue weighted by molar-refractivity contribution is 9.10. The monoisotopic (exact) mass is 291 g/mol. The van der Waals surface area contributed by atoms with Crippen LogP contribution in [0.5, 0.6) is 0 Å². The van der Waals surface area contributed by atoms with Crippen LogP contribution in [0.3, 0.4) is 0 Å². The Morgan fingerprint density at radius 1 is 1.35 bits per heavy atom. The van der Waals surface area contributed by atoms with E-state index in [4.69, 9.17) is 10.2 Å². The molecular weight excluding hydrogens is 282 g/mol. The molecule has 0 aliphatic carbocycles. The molecule has 2 aromatic heterocycles. The van der Waals surface area contributed by atoms with Crippen LogP contribution in [0, 0.1) is 0 Å². The first-order valence-corrected chi connectivity index (χ1v) is 5.97. The molecule has 2 heterocycles. The smallest absolute Gasteiger partial charge is 0.201 e. The van der Waals surface area contributed by atoms with Crippen LogP contribution in [0.15, 0.2) is 45.5 Å². The average Bonchev–Trinajstić information content (AvgIpc) is 2.88. The molecule has 3 aromatic rings. The van der Waals surface area contributed by atoms with Crippen molar-refractivity contribution < 1.29 is 4.42 Å². The highest BCUT2D eigenvalue weighted by Crippen LogP contribution is 2.23. The number of rotatable bonds is 2. The van der Waals surface area contributed by atoms with Gasteiger partial charge in [-0.2, -0.15) is 0 Å². The predicted octanol–water partition coefficient (Wildman–Crippen LogP) is 3.02. The van der Waals surface area contributed by atoms with E-state index in [1.54, 1.807) is 6.26 Å². The molecule has 0 radical (unpaired) electrons. The first kappa shape index (κ1) is 10.4. The van der Waals surface area contributed by atoms with E-state index in [-0.39, 0.29) is 0 Å². The van der Waals surface area contributed by atoms with Gasteiger partial charge in [0.05, 0.1) is 23.8 Å². The zero-order chi connectivity index (χ0) is 11.8. The van der Waals surface area contributed by atoms with Gasteiger partial charge in [-0.3, -0.25) is 0 Å². The molecule has 0 amide bonds. The average molecular weight is 292 g/mol. The Morgan fingerprint density at radius 2 is 2.24 bits per heavy atom. The number of nitrogen functional groups attached to an aromatic ring is 1. The van der Waals surface area contributed by atoms with Gasteiger partial charge in [0.2, 0.25) is 5.95 Å². The molecule has 0 atom stereocenters. The van der Waals surface area contributed by atoms with Crippen LogP contribution in [0.4, 0.5) is 5.95 Å². The molecule has 5 heteroatoms. The second-order valence-corrected chi connectivity index (χ2v) is 4.68. The molecule has 2 N–H and O–H groups in total. The Bertz CT molecular complexity index is 658. The Hall–Kier alpha value is -1.75. The van der Waals surface area contributed by atoms with Gasteiger partial charge < -0.3 is 14.7 Å². The second kappa shape index (κ2) is 3.92. The molecule has 0 fully saturated rings. The fraction of sp³-hybridized carbons (Fsp3) is 0.0833. The van der Waals surface area contributed by atoms with Gasteiger partial charge in [-0.05, 0) is 30.3 Å². The van der Waals surface area contributed by atoms with Crippen LogP contribution in [0.2, 0.25) is 0 Å². The molecule has 4 nitrogen and oxygen atoms in total. The van der Waals surface area contributed by atoms with Crippen molar-refractivity contribution in [1.29, 1.82) is 0 Å². The number of nitrogens with zero attached hydrogens (tertiary/aromatic N) is 2. The number of hydrogen-bond acceptors (Lipinski definition) is 3. The SMILES string of the molecule is Nc1nc2cc(Br)ccc2n1Cc1ccco1. The normalized spacial score (nSPS) is 11.1. The molecule has 1 aromatic carbocycles. The summed E-state index contributed by atoms with van der Waals surface area (Å²) in [6.07, 6.45) is 1.65. The quantitative estimate of drug-likeness (QED) is 0.790. The Labute approximate surface area is 106 Å². The molecule has 0 spiro atoms. The van der Waals surface area contributed by atoms with E-state index < -0.39 is 0 Å². The van der Waals surface area contributed by atoms with Crippen molar-refractivity contribution in [2.75, 3.05) is 5.73 Å². The van der Waals surface area contributed by atoms with E-state index in [1.807, 2.05) is 34.9 Å². The summed E-state index contributed by atoms with van der Waals surface area (Å²) in [5.74, 6) is 1.36. The van der Waals surface area contributed by atoms with Crippen LogP contribution >= 0.6 is 15.9 Å². The fourth-order valence-corrected chi connectivity index (χ4v) is 2.20. The topological polar surface area (TPSA) is 57.0 Å². The lowest BCUT2D eigenvalue weighted by Crippen LogP contribution is -2.03. The number of nitrogens with two attached hydrogens (primary N) is 1. The van der Waals surface area contributed by atoms with Gasteiger partial charge in [0, 0.05) is 4.47 Å². The van der Waals surface area contributed by atoms with Gasteiger partial charge in [-0.15, -0.1) is 0 Å². The first-order valence-electron chi connectivity index (χ1n) is 5.18. The number of anilines is 1. The lowest BCUT2D eigenvalue weighted by Gasteiger charge is -2.03. The van der Waals surface area contributed by atoms with Crippen LogP contribution in [-0.4, -0.2) is 9.55 Å². The number of imidazole rings is 1. The summed E-state index contributed by atoms with van der Waals surface area (Å²) < 4.78 is 8.25. The van der Waals surface area contributed by atoms with E-state index in [0.717, 1.165) is 21.3 Å². The van der Waals surface area contributed by atoms with Crippen molar-refractivity contribution >= 4 is 32.9 Å². The van der Waals surface area contributed by atoms with E-state index in [2.05, 4.69) is 20.9 Å². The Kier molecular flexibility index (Phi) is 2.40. The van der Waals surface area contributed by atoms with Gasteiger partial charge in [0.1, 0.15) is 5.76 Å². The van der Waals surface area contributed by atoms with Crippen molar-refractivity contribution in [2.45, 2.75) is 6.54 Å². The second-order valence-electron chi connectivity index (χ2n) is 3.77. The third-order valence-corrected chi connectivity index (χ3v) is 3.13. The minimum absolute atomic E-state index is 0.495. The zero-order valence-corrected chi connectivity index (χ0v) is 10.5. The maximum atomic E-state index is 5.91. The van der Waals surface area contributed by atoms with Gasteiger partial charge >= 0.3 is 0 Å². The van der Waals surface area contributed by atoms with Crippen LogP contribution in [0.25, 0.3) is 11.0 Å². The summed E-state index contributed by atoms with van der Waals surface area (Å²) in [4.78, 5) is 4.32. The van der Waals surface area contributed by atoms with Crippen LogP contribution in [0.1, 0.15) is 5.76 Å². The van der Waals surface area contributed by atoms with Crippen molar-refractivity contribution in [3.63, 3.8) is 0 Å². The lowest BCUT2D eigenvalue weighted by atomic mass is 10.3. The minimum Gasteiger partial charge on any atom is -0.467 e. The van der Waals surface area contributed by atoms with E-state index in [1.165, 1.54) is 0 Å². The molecule has 0 saturated heterocycles. The number of fused-ring (bicyclic) bond motifs is 1. The fourth-order valence-electron chi connectivity index (χ4n) is 1.85. The van der Waals surface area contributed by atoms with Gasteiger partial charge in [-0.1, -0.05) is 15.9 Å². The first-order chi connectivity index (χ1) is 8.24. The summed E-state index contributed by atoms with van der Waals surface area (Å²) in [6.45, 7) is 0.594. The van der Waals surface area contributed by atoms with Crippen molar-refractivity contribution in [3.8, 4) is 0 Å². The van der Waals surface area contributed by atoms with Crippen LogP contribution < -0.4 is 5.73 Å². The van der Waals surface area contributed by atoms with Gasteiger partial charge in [0.25, 0.3) is 0 Å². The Balaban J connectivity index is 2.12. The molecule has 17 heavy (non-hydrogen) atoms. The van der Waals surface area contributed by atoms with Crippen molar-refractivity contribution in [1.82, 2.24) is 9.55 Å².